The Bertz CT molecular complexity index is 1060. The first-order valence-corrected chi connectivity index (χ1v) is 12.0. The second-order valence-corrected chi connectivity index (χ2v) is 8.63. The second-order valence-electron chi connectivity index (χ2n) is 8.63. The maximum absolute atomic E-state index is 10.7. The molecule has 33 heavy (non-hydrogen) atoms. The normalized spacial score (nSPS) is 10.9. The number of para-hydroxylation sites is 2. The average Bonchev–Trinajstić information content (AvgIpc) is 2.86. The minimum Gasteiger partial charge on any atom is -0.507 e. The van der Waals surface area contributed by atoms with E-state index in [1.165, 1.54) is 0 Å². The van der Waals surface area contributed by atoms with Crippen LogP contribution in [0.2, 0.25) is 0 Å². The summed E-state index contributed by atoms with van der Waals surface area (Å²) in [5.74, 6) is 0.829. The fourth-order valence-corrected chi connectivity index (χ4v) is 4.45. The summed E-state index contributed by atoms with van der Waals surface area (Å²) in [5, 5.41) is 21.4. The number of hydrogen-bond acceptors (Lipinski definition) is 2. The number of aromatic hydroxyl groups is 2. The monoisotopic (exact) mass is 436 g/mol. The van der Waals surface area contributed by atoms with Crippen molar-refractivity contribution in [1.29, 1.82) is 0 Å². The Morgan fingerprint density at radius 3 is 1.21 bits per heavy atom. The van der Waals surface area contributed by atoms with Gasteiger partial charge in [-0.3, -0.25) is 0 Å². The van der Waals surface area contributed by atoms with Crippen LogP contribution >= 0.6 is 0 Å². The van der Waals surface area contributed by atoms with Crippen LogP contribution in [0, 0.1) is 0 Å². The van der Waals surface area contributed by atoms with Crippen molar-refractivity contribution < 1.29 is 10.2 Å². The fraction of sp³-hybridized carbons (Fsp3) is 0.226. The molecule has 4 rings (SSSR count). The highest BCUT2D eigenvalue weighted by Gasteiger charge is 2.10. The zero-order valence-electron chi connectivity index (χ0n) is 19.1. The lowest BCUT2D eigenvalue weighted by Gasteiger charge is -2.11. The lowest BCUT2D eigenvalue weighted by atomic mass is 9.97. The molecule has 0 bridgehead atoms. The molecule has 168 valence electrons. The molecule has 2 N–H and O–H groups in total. The highest BCUT2D eigenvalue weighted by Crippen LogP contribution is 2.34. The molecule has 0 aliphatic heterocycles. The number of benzene rings is 4. The van der Waals surface area contributed by atoms with Gasteiger partial charge in [-0.05, 0) is 47.9 Å². The van der Waals surface area contributed by atoms with Crippen LogP contribution in [0.4, 0.5) is 0 Å². The molecule has 0 aromatic heterocycles. The lowest BCUT2D eigenvalue weighted by molar-refractivity contribution is 0.467. The zero-order valence-corrected chi connectivity index (χ0v) is 19.1. The Kier molecular flexibility index (Phi) is 7.81. The first-order valence-electron chi connectivity index (χ1n) is 12.0. The van der Waals surface area contributed by atoms with Gasteiger partial charge >= 0.3 is 0 Å². The molecule has 0 atom stereocenters. The standard InChI is InChI=1S/C31H32O2/c32-30-26(20-12-22-28(30)24-14-8-4-9-15-24)18-6-2-1-3-7-19-27-21-13-23-29(31(27)33)25-16-10-5-11-17-25/h4-5,8-17,20-23,32-33H,1-3,6-7,18-19H2. The molecule has 0 radical (unpaired) electrons. The van der Waals surface area contributed by atoms with E-state index in [4.69, 9.17) is 0 Å². The first-order chi connectivity index (χ1) is 16.2. The van der Waals surface area contributed by atoms with E-state index in [1.54, 1.807) is 0 Å². The van der Waals surface area contributed by atoms with Crippen LogP contribution in [0.15, 0.2) is 97.1 Å². The van der Waals surface area contributed by atoms with Gasteiger partial charge in [0.1, 0.15) is 11.5 Å². The van der Waals surface area contributed by atoms with Gasteiger partial charge in [0.05, 0.1) is 0 Å². The maximum atomic E-state index is 10.7. The number of aryl methyl sites for hydroxylation is 2. The molecule has 0 spiro atoms. The summed E-state index contributed by atoms with van der Waals surface area (Å²) in [6, 6.07) is 32.2. The van der Waals surface area contributed by atoms with Gasteiger partial charge in [-0.25, -0.2) is 0 Å². The van der Waals surface area contributed by atoms with Gasteiger partial charge < -0.3 is 10.2 Å². The van der Waals surface area contributed by atoms with Crippen molar-refractivity contribution in [2.24, 2.45) is 0 Å². The van der Waals surface area contributed by atoms with E-state index in [0.29, 0.717) is 11.5 Å². The Hall–Kier alpha value is -3.52. The van der Waals surface area contributed by atoms with Crippen LogP contribution in [0.25, 0.3) is 22.3 Å². The lowest BCUT2D eigenvalue weighted by Crippen LogP contribution is -1.91. The van der Waals surface area contributed by atoms with Crippen LogP contribution < -0.4 is 0 Å². The van der Waals surface area contributed by atoms with E-state index in [-0.39, 0.29) is 0 Å². The number of phenolic OH excluding ortho intramolecular Hbond substituents is 2. The smallest absolute Gasteiger partial charge is 0.126 e. The summed E-state index contributed by atoms with van der Waals surface area (Å²) in [6.07, 6.45) is 7.38. The van der Waals surface area contributed by atoms with Gasteiger partial charge in [0.2, 0.25) is 0 Å². The van der Waals surface area contributed by atoms with Crippen molar-refractivity contribution in [1.82, 2.24) is 0 Å². The largest absolute Gasteiger partial charge is 0.507 e. The Balaban J connectivity index is 1.22. The van der Waals surface area contributed by atoms with E-state index in [1.807, 2.05) is 97.1 Å². The summed E-state index contributed by atoms with van der Waals surface area (Å²) in [5.41, 5.74) is 5.97. The highest BCUT2D eigenvalue weighted by molar-refractivity contribution is 5.72. The van der Waals surface area contributed by atoms with Crippen LogP contribution in [-0.2, 0) is 12.8 Å². The number of unbranched alkanes of at least 4 members (excludes halogenated alkanes) is 4. The summed E-state index contributed by atoms with van der Waals surface area (Å²) >= 11 is 0. The Morgan fingerprint density at radius 1 is 0.394 bits per heavy atom. The molecule has 2 nitrogen and oxygen atoms in total. The maximum Gasteiger partial charge on any atom is 0.126 e. The molecule has 0 aliphatic carbocycles. The zero-order chi connectivity index (χ0) is 22.9. The van der Waals surface area contributed by atoms with Gasteiger partial charge in [-0.1, -0.05) is 116 Å². The van der Waals surface area contributed by atoms with Gasteiger partial charge in [0, 0.05) is 11.1 Å². The van der Waals surface area contributed by atoms with Gasteiger partial charge in [-0.15, -0.1) is 0 Å². The highest BCUT2D eigenvalue weighted by atomic mass is 16.3. The number of rotatable bonds is 10. The van der Waals surface area contributed by atoms with Crippen LogP contribution in [0.5, 0.6) is 11.5 Å². The number of phenols is 2. The van der Waals surface area contributed by atoms with Crippen LogP contribution in [0.3, 0.4) is 0 Å². The SMILES string of the molecule is Oc1c(CCCCCCCc2cccc(-c3ccccc3)c2O)cccc1-c1ccccc1. The van der Waals surface area contributed by atoms with Crippen molar-refractivity contribution in [3.8, 4) is 33.8 Å². The molecule has 0 unspecified atom stereocenters. The van der Waals surface area contributed by atoms with Crippen LogP contribution in [-0.4, -0.2) is 10.2 Å². The van der Waals surface area contributed by atoms with E-state index in [9.17, 15) is 10.2 Å². The molecular weight excluding hydrogens is 404 g/mol. The third-order valence-electron chi connectivity index (χ3n) is 6.30. The molecule has 0 heterocycles. The molecule has 4 aromatic carbocycles. The quantitative estimate of drug-likeness (QED) is 0.246. The molecule has 2 heteroatoms. The third kappa shape index (κ3) is 5.84. The van der Waals surface area contributed by atoms with Crippen LogP contribution in [0.1, 0.15) is 43.2 Å². The van der Waals surface area contributed by atoms with E-state index in [2.05, 4.69) is 0 Å². The Morgan fingerprint density at radius 2 is 0.788 bits per heavy atom. The van der Waals surface area contributed by atoms with Crippen molar-refractivity contribution >= 4 is 0 Å². The molecule has 0 amide bonds. The minimum atomic E-state index is 0.414. The minimum absolute atomic E-state index is 0.414. The van der Waals surface area contributed by atoms with E-state index < -0.39 is 0 Å². The van der Waals surface area contributed by atoms with Crippen molar-refractivity contribution in [3.63, 3.8) is 0 Å². The molecule has 0 saturated carbocycles. The second kappa shape index (κ2) is 11.4. The van der Waals surface area contributed by atoms with E-state index in [0.717, 1.165) is 78.3 Å². The predicted octanol–water partition coefficient (Wildman–Crippen LogP) is 8.17. The molecule has 4 aromatic rings. The summed E-state index contributed by atoms with van der Waals surface area (Å²) in [4.78, 5) is 0. The van der Waals surface area contributed by atoms with Crippen molar-refractivity contribution in [2.45, 2.75) is 44.9 Å². The Labute approximate surface area is 197 Å². The number of hydrogen-bond donors (Lipinski definition) is 2. The van der Waals surface area contributed by atoms with E-state index >= 15 is 0 Å². The third-order valence-corrected chi connectivity index (χ3v) is 6.30. The molecular formula is C31H32O2. The summed E-state index contributed by atoms with van der Waals surface area (Å²) in [6.45, 7) is 0. The van der Waals surface area contributed by atoms with Crippen molar-refractivity contribution in [2.75, 3.05) is 0 Å². The molecule has 0 fully saturated rings. The summed E-state index contributed by atoms with van der Waals surface area (Å²) < 4.78 is 0. The van der Waals surface area contributed by atoms with Gasteiger partial charge in [0.15, 0.2) is 0 Å². The molecule has 0 saturated heterocycles. The summed E-state index contributed by atoms with van der Waals surface area (Å²) in [7, 11) is 0. The first kappa shape index (κ1) is 22.7. The van der Waals surface area contributed by atoms with Gasteiger partial charge in [-0.2, -0.15) is 0 Å². The topological polar surface area (TPSA) is 40.5 Å². The van der Waals surface area contributed by atoms with Crippen molar-refractivity contribution in [3.05, 3.63) is 108 Å². The van der Waals surface area contributed by atoms with Gasteiger partial charge in [0.25, 0.3) is 0 Å². The predicted molar refractivity (Wildman–Crippen MR) is 138 cm³/mol. The molecule has 0 aliphatic rings. The average molecular weight is 437 g/mol. The fourth-order valence-electron chi connectivity index (χ4n) is 4.45.